The molecule has 0 aromatic heterocycles. The Bertz CT molecular complexity index is 590. The molecule has 2 N–H and O–H groups in total. The SMILES string of the molecule is COc1ccc(C(O)[C@@H]2C=C[C@H](N(O)C(=O)OC(C)(C)C)C2)cc1. The number of hydroxylamine groups is 2. The molecule has 0 aliphatic heterocycles. The van der Waals surface area contributed by atoms with Crippen LogP contribution in [0.4, 0.5) is 4.79 Å². The van der Waals surface area contributed by atoms with Gasteiger partial charge in [-0.2, -0.15) is 5.06 Å². The van der Waals surface area contributed by atoms with Crippen molar-refractivity contribution in [2.24, 2.45) is 5.92 Å². The van der Waals surface area contributed by atoms with Crippen molar-refractivity contribution >= 4 is 6.09 Å². The molecule has 2 rings (SSSR count). The van der Waals surface area contributed by atoms with Crippen LogP contribution in [0, 0.1) is 5.92 Å². The highest BCUT2D eigenvalue weighted by atomic mass is 16.6. The molecule has 1 aliphatic rings. The van der Waals surface area contributed by atoms with Crippen molar-refractivity contribution in [3.63, 3.8) is 0 Å². The number of carbonyl (C=O) groups is 1. The highest BCUT2D eigenvalue weighted by Crippen LogP contribution is 2.33. The number of aliphatic hydroxyl groups is 1. The van der Waals surface area contributed by atoms with Gasteiger partial charge in [-0.3, -0.25) is 5.21 Å². The van der Waals surface area contributed by atoms with Crippen LogP contribution in [0.15, 0.2) is 36.4 Å². The number of nitrogens with zero attached hydrogens (tertiary/aromatic N) is 1. The number of benzene rings is 1. The third kappa shape index (κ3) is 4.49. The maximum Gasteiger partial charge on any atom is 0.434 e. The highest BCUT2D eigenvalue weighted by molar-refractivity contribution is 5.67. The van der Waals surface area contributed by atoms with Gasteiger partial charge in [-0.05, 0) is 44.9 Å². The number of aliphatic hydroxyl groups excluding tert-OH is 1. The van der Waals surface area contributed by atoms with E-state index in [2.05, 4.69) is 0 Å². The van der Waals surface area contributed by atoms with Gasteiger partial charge in [0.15, 0.2) is 0 Å². The van der Waals surface area contributed by atoms with Crippen molar-refractivity contribution in [3.05, 3.63) is 42.0 Å². The molecule has 6 heteroatoms. The lowest BCUT2D eigenvalue weighted by Gasteiger charge is -2.27. The predicted molar refractivity (Wildman–Crippen MR) is 88.8 cm³/mol. The minimum Gasteiger partial charge on any atom is -0.497 e. The average Bonchev–Trinajstić information content (AvgIpc) is 3.01. The molecule has 0 radical (unpaired) electrons. The number of ether oxygens (including phenoxy) is 2. The van der Waals surface area contributed by atoms with Gasteiger partial charge in [0.2, 0.25) is 0 Å². The Morgan fingerprint density at radius 2 is 1.88 bits per heavy atom. The summed E-state index contributed by atoms with van der Waals surface area (Å²) in [5, 5.41) is 21.1. The number of hydrogen-bond donors (Lipinski definition) is 2. The normalized spacial score (nSPS) is 21.4. The Labute approximate surface area is 142 Å². The van der Waals surface area contributed by atoms with Crippen LogP contribution in [-0.4, -0.2) is 40.2 Å². The summed E-state index contributed by atoms with van der Waals surface area (Å²) in [6.45, 7) is 5.21. The van der Waals surface area contributed by atoms with Gasteiger partial charge in [-0.25, -0.2) is 4.79 Å². The lowest BCUT2D eigenvalue weighted by Crippen LogP contribution is -2.40. The lowest BCUT2D eigenvalue weighted by molar-refractivity contribution is -0.112. The first-order chi connectivity index (χ1) is 11.2. The van der Waals surface area contributed by atoms with Gasteiger partial charge in [-0.15, -0.1) is 0 Å². The lowest BCUT2D eigenvalue weighted by atomic mass is 9.94. The maximum atomic E-state index is 11.9. The first-order valence-corrected chi connectivity index (χ1v) is 7.92. The number of hydrogen-bond acceptors (Lipinski definition) is 5. The molecule has 0 spiro atoms. The van der Waals surface area contributed by atoms with Crippen LogP contribution in [0.3, 0.4) is 0 Å². The maximum absolute atomic E-state index is 11.9. The van der Waals surface area contributed by atoms with Gasteiger partial charge < -0.3 is 14.6 Å². The smallest absolute Gasteiger partial charge is 0.434 e. The molecule has 0 heterocycles. The molecule has 1 aliphatic carbocycles. The number of rotatable bonds is 4. The Kier molecular flexibility index (Phi) is 5.51. The topological polar surface area (TPSA) is 79.2 Å². The molecule has 0 saturated carbocycles. The van der Waals surface area contributed by atoms with Crippen LogP contribution in [0.5, 0.6) is 5.75 Å². The van der Waals surface area contributed by atoms with Crippen LogP contribution in [0.25, 0.3) is 0 Å². The molecule has 132 valence electrons. The second-order valence-corrected chi connectivity index (χ2v) is 6.89. The number of amides is 1. The number of methoxy groups -OCH3 is 1. The van der Waals surface area contributed by atoms with Crippen molar-refractivity contribution < 1.29 is 24.6 Å². The van der Waals surface area contributed by atoms with E-state index < -0.39 is 23.8 Å². The van der Waals surface area contributed by atoms with Crippen molar-refractivity contribution in [2.45, 2.75) is 44.9 Å². The molecule has 1 unspecified atom stereocenters. The van der Waals surface area contributed by atoms with Gasteiger partial charge in [0.05, 0.1) is 19.3 Å². The van der Waals surface area contributed by atoms with Crippen molar-refractivity contribution in [3.8, 4) is 5.75 Å². The summed E-state index contributed by atoms with van der Waals surface area (Å²) in [5.41, 5.74) is 0.0791. The van der Waals surface area contributed by atoms with Crippen molar-refractivity contribution in [2.75, 3.05) is 7.11 Å². The summed E-state index contributed by atoms with van der Waals surface area (Å²) < 4.78 is 10.2. The molecule has 1 amide bonds. The summed E-state index contributed by atoms with van der Waals surface area (Å²) in [6, 6.07) is 6.66. The molecule has 24 heavy (non-hydrogen) atoms. The van der Waals surface area contributed by atoms with E-state index in [0.29, 0.717) is 11.5 Å². The molecular formula is C18H25NO5. The van der Waals surface area contributed by atoms with Crippen molar-refractivity contribution in [1.29, 1.82) is 0 Å². The van der Waals surface area contributed by atoms with E-state index in [1.165, 1.54) is 0 Å². The fourth-order valence-electron chi connectivity index (χ4n) is 2.61. The van der Waals surface area contributed by atoms with Crippen LogP contribution in [-0.2, 0) is 4.74 Å². The van der Waals surface area contributed by atoms with Crippen LogP contribution in [0.1, 0.15) is 38.9 Å². The Hall–Kier alpha value is -2.05. The first-order valence-electron chi connectivity index (χ1n) is 7.92. The molecular weight excluding hydrogens is 310 g/mol. The summed E-state index contributed by atoms with van der Waals surface area (Å²) in [7, 11) is 1.59. The Morgan fingerprint density at radius 1 is 1.25 bits per heavy atom. The zero-order valence-electron chi connectivity index (χ0n) is 14.5. The zero-order chi connectivity index (χ0) is 17.9. The van der Waals surface area contributed by atoms with Crippen LogP contribution in [0.2, 0.25) is 0 Å². The van der Waals surface area contributed by atoms with E-state index in [4.69, 9.17) is 9.47 Å². The monoisotopic (exact) mass is 335 g/mol. The minimum atomic E-state index is -0.795. The van der Waals surface area contributed by atoms with Gasteiger partial charge in [-0.1, -0.05) is 24.3 Å². The number of carbonyl (C=O) groups excluding carboxylic acids is 1. The molecule has 6 nitrogen and oxygen atoms in total. The fourth-order valence-corrected chi connectivity index (χ4v) is 2.61. The van der Waals surface area contributed by atoms with Crippen molar-refractivity contribution in [1.82, 2.24) is 5.06 Å². The third-order valence-electron chi connectivity index (χ3n) is 3.85. The quantitative estimate of drug-likeness (QED) is 0.501. The second kappa shape index (κ2) is 7.23. The fraction of sp³-hybridized carbons (Fsp3) is 0.500. The van der Waals surface area contributed by atoms with E-state index in [0.717, 1.165) is 11.3 Å². The predicted octanol–water partition coefficient (Wildman–Crippen LogP) is 3.30. The van der Waals surface area contributed by atoms with Gasteiger partial charge >= 0.3 is 6.09 Å². The van der Waals surface area contributed by atoms with E-state index in [9.17, 15) is 15.1 Å². The van der Waals surface area contributed by atoms with Crippen LogP contribution < -0.4 is 4.74 Å². The molecule has 0 fully saturated rings. The Balaban J connectivity index is 1.96. The summed E-state index contributed by atoms with van der Waals surface area (Å²) >= 11 is 0. The Morgan fingerprint density at radius 3 is 2.42 bits per heavy atom. The van der Waals surface area contributed by atoms with Crippen LogP contribution >= 0.6 is 0 Å². The largest absolute Gasteiger partial charge is 0.497 e. The molecule has 1 aromatic rings. The van der Waals surface area contributed by atoms with Gasteiger partial charge in [0.1, 0.15) is 11.4 Å². The van der Waals surface area contributed by atoms with Gasteiger partial charge in [0, 0.05) is 5.92 Å². The first kappa shape index (κ1) is 18.3. The zero-order valence-corrected chi connectivity index (χ0v) is 14.5. The minimum absolute atomic E-state index is 0.194. The third-order valence-corrected chi connectivity index (χ3v) is 3.85. The summed E-state index contributed by atoms with van der Waals surface area (Å²) in [5.74, 6) is 0.526. The van der Waals surface area contributed by atoms with E-state index >= 15 is 0 Å². The van der Waals surface area contributed by atoms with E-state index in [-0.39, 0.29) is 5.92 Å². The molecule has 0 bridgehead atoms. The van der Waals surface area contributed by atoms with E-state index in [1.807, 2.05) is 6.08 Å². The molecule has 3 atom stereocenters. The van der Waals surface area contributed by atoms with Gasteiger partial charge in [0.25, 0.3) is 0 Å². The molecule has 0 saturated heterocycles. The summed E-state index contributed by atoms with van der Waals surface area (Å²) in [4.78, 5) is 11.9. The summed E-state index contributed by atoms with van der Waals surface area (Å²) in [6.07, 6.45) is 2.43. The second-order valence-electron chi connectivity index (χ2n) is 6.89. The highest BCUT2D eigenvalue weighted by Gasteiger charge is 2.33. The van der Waals surface area contributed by atoms with E-state index in [1.54, 1.807) is 58.2 Å². The average molecular weight is 335 g/mol. The standard InChI is InChI=1S/C18H25NO5/c1-18(2,3)24-17(21)19(22)14-8-5-13(11-14)16(20)12-6-9-15(23-4)10-7-12/h5-10,13-14,16,20,22H,11H2,1-4H3/t13-,14+,16?/m1/s1. The molecule has 1 aromatic carbocycles.